The summed E-state index contributed by atoms with van der Waals surface area (Å²) in [4.78, 5) is 0.137. The summed E-state index contributed by atoms with van der Waals surface area (Å²) in [5, 5.41) is 3.53. The van der Waals surface area contributed by atoms with Crippen molar-refractivity contribution >= 4 is 26.0 Å². The van der Waals surface area contributed by atoms with E-state index in [2.05, 4.69) is 21.2 Å². The smallest absolute Gasteiger partial charge is 0.244 e. The average molecular weight is 391 g/mol. The van der Waals surface area contributed by atoms with Gasteiger partial charge in [-0.05, 0) is 72.3 Å². The van der Waals surface area contributed by atoms with Crippen LogP contribution in [0.25, 0.3) is 0 Å². The van der Waals surface area contributed by atoms with Crippen molar-refractivity contribution in [2.45, 2.75) is 36.6 Å². The monoisotopic (exact) mass is 390 g/mol. The van der Waals surface area contributed by atoms with E-state index >= 15 is 0 Å². The molecular formula is C15H20BrFN2O2S. The predicted octanol–water partition coefficient (Wildman–Crippen LogP) is 2.74. The standard InChI is InChI=1S/C15H20BrFN2O2S/c16-14-9-12(17)3-4-15(14)22(20,21)19-7-5-13(6-8-19)18-10-11-1-2-11/h3-4,9,11,13,18H,1-2,5-8,10H2. The first kappa shape index (κ1) is 16.4. The summed E-state index contributed by atoms with van der Waals surface area (Å²) in [6.45, 7) is 2.07. The van der Waals surface area contributed by atoms with E-state index in [9.17, 15) is 12.8 Å². The van der Waals surface area contributed by atoms with Crippen LogP contribution in [0.1, 0.15) is 25.7 Å². The Bertz CT molecular complexity index is 641. The van der Waals surface area contributed by atoms with Crippen molar-refractivity contribution in [2.75, 3.05) is 19.6 Å². The van der Waals surface area contributed by atoms with Crippen molar-refractivity contribution in [3.05, 3.63) is 28.5 Å². The number of piperidine rings is 1. The van der Waals surface area contributed by atoms with Crippen LogP contribution < -0.4 is 5.32 Å². The molecule has 0 bridgehead atoms. The molecule has 1 aromatic carbocycles. The van der Waals surface area contributed by atoms with Gasteiger partial charge in [0.05, 0.1) is 4.90 Å². The Morgan fingerprint density at radius 3 is 2.50 bits per heavy atom. The Balaban J connectivity index is 1.63. The topological polar surface area (TPSA) is 49.4 Å². The van der Waals surface area contributed by atoms with E-state index in [1.54, 1.807) is 0 Å². The summed E-state index contributed by atoms with van der Waals surface area (Å²) in [6, 6.07) is 4.11. The molecule has 1 saturated carbocycles. The number of sulfonamides is 1. The minimum Gasteiger partial charge on any atom is -0.314 e. The molecule has 4 nitrogen and oxygen atoms in total. The van der Waals surface area contributed by atoms with Crippen LogP contribution in [0.4, 0.5) is 4.39 Å². The second-order valence-corrected chi connectivity index (χ2v) is 8.87. The number of halogens is 2. The van der Waals surface area contributed by atoms with Crippen LogP contribution in [-0.2, 0) is 10.0 Å². The summed E-state index contributed by atoms with van der Waals surface area (Å²) in [5.41, 5.74) is 0. The third kappa shape index (κ3) is 3.69. The molecule has 1 saturated heterocycles. The highest BCUT2D eigenvalue weighted by Crippen LogP contribution is 2.29. The fraction of sp³-hybridized carbons (Fsp3) is 0.600. The van der Waals surface area contributed by atoms with Gasteiger partial charge in [-0.25, -0.2) is 12.8 Å². The largest absolute Gasteiger partial charge is 0.314 e. The first-order chi connectivity index (χ1) is 10.5. The summed E-state index contributed by atoms with van der Waals surface area (Å²) in [6.07, 6.45) is 4.28. The molecule has 1 aromatic rings. The number of benzene rings is 1. The van der Waals surface area contributed by atoms with Gasteiger partial charge in [-0.3, -0.25) is 0 Å². The van der Waals surface area contributed by atoms with E-state index in [0.717, 1.165) is 25.3 Å². The summed E-state index contributed by atoms with van der Waals surface area (Å²) >= 11 is 3.15. The van der Waals surface area contributed by atoms with Gasteiger partial charge in [0, 0.05) is 23.6 Å². The third-order valence-corrected chi connectivity index (χ3v) is 7.23. The molecule has 0 aromatic heterocycles. The number of nitrogens with one attached hydrogen (secondary N) is 1. The molecule has 2 aliphatic rings. The molecule has 3 rings (SSSR count). The molecule has 0 radical (unpaired) electrons. The van der Waals surface area contributed by atoms with Crippen LogP contribution in [0.2, 0.25) is 0 Å². The molecule has 0 spiro atoms. The molecule has 0 atom stereocenters. The summed E-state index contributed by atoms with van der Waals surface area (Å²) in [5.74, 6) is 0.380. The molecule has 22 heavy (non-hydrogen) atoms. The lowest BCUT2D eigenvalue weighted by Gasteiger charge is -2.32. The Kier molecular flexibility index (Phi) is 4.87. The van der Waals surface area contributed by atoms with E-state index in [1.807, 2.05) is 0 Å². The Labute approximate surface area is 139 Å². The van der Waals surface area contributed by atoms with Gasteiger partial charge in [-0.15, -0.1) is 0 Å². The zero-order valence-corrected chi connectivity index (χ0v) is 14.7. The molecule has 1 N–H and O–H groups in total. The van der Waals surface area contributed by atoms with Crippen LogP contribution in [0, 0.1) is 11.7 Å². The fourth-order valence-electron chi connectivity index (χ4n) is 2.78. The normalized spacial score (nSPS) is 21.2. The lowest BCUT2D eigenvalue weighted by atomic mass is 10.1. The van der Waals surface area contributed by atoms with E-state index in [4.69, 9.17) is 0 Å². The molecule has 7 heteroatoms. The number of hydrogen-bond donors (Lipinski definition) is 1. The number of hydrogen-bond acceptors (Lipinski definition) is 3. The Morgan fingerprint density at radius 1 is 1.23 bits per heavy atom. The van der Waals surface area contributed by atoms with Crippen LogP contribution in [0.15, 0.2) is 27.6 Å². The van der Waals surface area contributed by atoms with Crippen molar-refractivity contribution in [1.29, 1.82) is 0 Å². The lowest BCUT2D eigenvalue weighted by Crippen LogP contribution is -2.45. The predicted molar refractivity (Wildman–Crippen MR) is 86.6 cm³/mol. The van der Waals surface area contributed by atoms with E-state index in [1.165, 1.54) is 35.3 Å². The minimum atomic E-state index is -3.56. The zero-order valence-electron chi connectivity index (χ0n) is 12.3. The molecule has 1 heterocycles. The third-order valence-electron chi connectivity index (χ3n) is 4.36. The van der Waals surface area contributed by atoms with Crippen molar-refractivity contribution in [1.82, 2.24) is 9.62 Å². The van der Waals surface area contributed by atoms with E-state index < -0.39 is 15.8 Å². The molecule has 1 aliphatic carbocycles. The van der Waals surface area contributed by atoms with Crippen molar-refractivity contribution < 1.29 is 12.8 Å². The maximum Gasteiger partial charge on any atom is 0.244 e. The molecular weight excluding hydrogens is 371 g/mol. The van der Waals surface area contributed by atoms with E-state index in [-0.39, 0.29) is 9.37 Å². The van der Waals surface area contributed by atoms with E-state index in [0.29, 0.717) is 19.1 Å². The second kappa shape index (κ2) is 6.55. The molecule has 0 unspecified atom stereocenters. The number of nitrogens with zero attached hydrogens (tertiary/aromatic N) is 1. The van der Waals surface area contributed by atoms with Gasteiger partial charge in [0.15, 0.2) is 0 Å². The summed E-state index contributed by atoms with van der Waals surface area (Å²) < 4.78 is 40.2. The van der Waals surface area contributed by atoms with Crippen molar-refractivity contribution in [3.63, 3.8) is 0 Å². The lowest BCUT2D eigenvalue weighted by molar-refractivity contribution is 0.288. The Morgan fingerprint density at radius 2 is 1.91 bits per heavy atom. The molecule has 122 valence electrons. The summed E-state index contributed by atoms with van der Waals surface area (Å²) in [7, 11) is -3.56. The van der Waals surface area contributed by atoms with Gasteiger partial charge >= 0.3 is 0 Å². The molecule has 2 fully saturated rings. The first-order valence-corrected chi connectivity index (χ1v) is 9.89. The minimum absolute atomic E-state index is 0.137. The quantitative estimate of drug-likeness (QED) is 0.840. The van der Waals surface area contributed by atoms with Crippen LogP contribution >= 0.6 is 15.9 Å². The van der Waals surface area contributed by atoms with Crippen molar-refractivity contribution in [3.8, 4) is 0 Å². The fourth-order valence-corrected chi connectivity index (χ4v) is 5.26. The first-order valence-electron chi connectivity index (χ1n) is 7.65. The zero-order chi connectivity index (χ0) is 15.7. The SMILES string of the molecule is O=S(=O)(c1ccc(F)cc1Br)N1CCC(NCC2CC2)CC1. The highest BCUT2D eigenvalue weighted by atomic mass is 79.9. The van der Waals surface area contributed by atoms with Gasteiger partial charge < -0.3 is 5.32 Å². The maximum atomic E-state index is 13.1. The average Bonchev–Trinajstić information content (AvgIpc) is 3.29. The van der Waals surface area contributed by atoms with Gasteiger partial charge in [0.2, 0.25) is 10.0 Å². The van der Waals surface area contributed by atoms with Crippen LogP contribution in [-0.4, -0.2) is 38.4 Å². The highest BCUT2D eigenvalue weighted by molar-refractivity contribution is 9.10. The molecule has 1 aliphatic heterocycles. The van der Waals surface area contributed by atoms with Gasteiger partial charge in [-0.2, -0.15) is 4.31 Å². The Hall–Kier alpha value is -0.500. The van der Waals surface area contributed by atoms with Gasteiger partial charge in [0.1, 0.15) is 5.82 Å². The van der Waals surface area contributed by atoms with Crippen molar-refractivity contribution in [2.24, 2.45) is 5.92 Å². The maximum absolute atomic E-state index is 13.1. The van der Waals surface area contributed by atoms with Gasteiger partial charge in [-0.1, -0.05) is 0 Å². The molecule has 0 amide bonds. The van der Waals surface area contributed by atoms with Crippen LogP contribution in [0.5, 0.6) is 0 Å². The van der Waals surface area contributed by atoms with Gasteiger partial charge in [0.25, 0.3) is 0 Å². The second-order valence-electron chi connectivity index (χ2n) is 6.10. The van der Waals surface area contributed by atoms with Crippen LogP contribution in [0.3, 0.4) is 0 Å². The number of rotatable bonds is 5. The highest BCUT2D eigenvalue weighted by Gasteiger charge is 2.31.